The van der Waals surface area contributed by atoms with Crippen LogP contribution in [0.5, 0.6) is 0 Å². The molecule has 0 saturated carbocycles. The van der Waals surface area contributed by atoms with Gasteiger partial charge in [0.05, 0.1) is 11.9 Å². The predicted molar refractivity (Wildman–Crippen MR) is 95.1 cm³/mol. The highest BCUT2D eigenvalue weighted by Crippen LogP contribution is 2.16. The minimum Gasteiger partial charge on any atom is -0.383 e. The van der Waals surface area contributed by atoms with Crippen molar-refractivity contribution >= 4 is 16.9 Å². The van der Waals surface area contributed by atoms with Crippen molar-refractivity contribution in [2.75, 3.05) is 5.73 Å². The number of anilines is 1. The van der Waals surface area contributed by atoms with Crippen molar-refractivity contribution in [2.24, 2.45) is 0 Å². The lowest BCUT2D eigenvalue weighted by atomic mass is 10.0. The molecule has 7 heteroatoms. The molecule has 0 spiro atoms. The maximum Gasteiger partial charge on any atom is 0.247 e. The molecular weight excluding hydrogens is 316 g/mol. The Labute approximate surface area is 143 Å². The molecule has 3 aromatic heterocycles. The molecule has 0 atom stereocenters. The summed E-state index contributed by atoms with van der Waals surface area (Å²) in [4.78, 5) is 21.9. The summed E-state index contributed by atoms with van der Waals surface area (Å²) in [5.41, 5.74) is 9.73. The summed E-state index contributed by atoms with van der Waals surface area (Å²) in [5, 5.41) is 5.18. The summed E-state index contributed by atoms with van der Waals surface area (Å²) >= 11 is 0. The molecule has 0 radical (unpaired) electrons. The van der Waals surface area contributed by atoms with Gasteiger partial charge in [-0.1, -0.05) is 30.3 Å². The van der Waals surface area contributed by atoms with E-state index in [0.29, 0.717) is 18.0 Å². The number of aromatic amines is 1. The number of benzene rings is 1. The SMILES string of the molecule is Nc1ncnc2nn(Cc3ccc(Cc4ccc(=O)[nH]c4)cc3)cc12. The van der Waals surface area contributed by atoms with Gasteiger partial charge in [-0.3, -0.25) is 9.48 Å². The normalized spacial score (nSPS) is 11.0. The van der Waals surface area contributed by atoms with E-state index in [9.17, 15) is 4.79 Å². The Bertz CT molecular complexity index is 1060. The van der Waals surface area contributed by atoms with Crippen LogP contribution in [0.25, 0.3) is 11.0 Å². The van der Waals surface area contributed by atoms with Gasteiger partial charge in [-0.2, -0.15) is 5.10 Å². The number of nitrogen functional groups attached to an aromatic ring is 1. The number of nitrogens with zero attached hydrogens (tertiary/aromatic N) is 4. The number of H-pyrrole nitrogens is 1. The lowest BCUT2D eigenvalue weighted by Gasteiger charge is -2.05. The van der Waals surface area contributed by atoms with Crippen molar-refractivity contribution < 1.29 is 0 Å². The smallest absolute Gasteiger partial charge is 0.247 e. The zero-order valence-corrected chi connectivity index (χ0v) is 13.4. The van der Waals surface area contributed by atoms with Crippen molar-refractivity contribution in [1.82, 2.24) is 24.7 Å². The van der Waals surface area contributed by atoms with Crippen molar-refractivity contribution in [3.05, 3.63) is 82.2 Å². The molecule has 0 fully saturated rings. The minimum atomic E-state index is -0.0870. The zero-order chi connectivity index (χ0) is 17.2. The second kappa shape index (κ2) is 6.20. The molecular formula is C18H16N6O. The van der Waals surface area contributed by atoms with Gasteiger partial charge >= 0.3 is 0 Å². The number of aromatic nitrogens is 5. The first kappa shape index (κ1) is 15.1. The van der Waals surface area contributed by atoms with Crippen LogP contribution in [0.15, 0.2) is 59.9 Å². The summed E-state index contributed by atoms with van der Waals surface area (Å²) in [7, 11) is 0. The van der Waals surface area contributed by atoms with Crippen molar-refractivity contribution in [1.29, 1.82) is 0 Å². The van der Waals surface area contributed by atoms with Crippen LogP contribution in [0.3, 0.4) is 0 Å². The van der Waals surface area contributed by atoms with E-state index in [1.165, 1.54) is 11.9 Å². The van der Waals surface area contributed by atoms with Crippen LogP contribution < -0.4 is 11.3 Å². The first-order chi connectivity index (χ1) is 12.2. The van der Waals surface area contributed by atoms with Crippen molar-refractivity contribution in [3.8, 4) is 0 Å². The zero-order valence-electron chi connectivity index (χ0n) is 13.4. The maximum absolute atomic E-state index is 11.1. The Hall–Kier alpha value is -3.48. The number of pyridine rings is 1. The Morgan fingerprint density at radius 3 is 2.48 bits per heavy atom. The van der Waals surface area contributed by atoms with Gasteiger partial charge in [0.2, 0.25) is 5.56 Å². The molecule has 3 N–H and O–H groups in total. The van der Waals surface area contributed by atoms with Crippen LogP contribution in [0.4, 0.5) is 5.82 Å². The third kappa shape index (κ3) is 3.25. The lowest BCUT2D eigenvalue weighted by Crippen LogP contribution is -2.03. The molecule has 0 bridgehead atoms. The summed E-state index contributed by atoms with van der Waals surface area (Å²) in [6, 6.07) is 11.7. The van der Waals surface area contributed by atoms with Gasteiger partial charge < -0.3 is 10.7 Å². The molecule has 4 rings (SSSR count). The quantitative estimate of drug-likeness (QED) is 0.592. The fourth-order valence-electron chi connectivity index (χ4n) is 2.72. The average Bonchev–Trinajstić information content (AvgIpc) is 3.03. The fourth-order valence-corrected chi connectivity index (χ4v) is 2.72. The Morgan fingerprint density at radius 2 is 1.76 bits per heavy atom. The van der Waals surface area contributed by atoms with Gasteiger partial charge in [0.1, 0.15) is 12.1 Å². The van der Waals surface area contributed by atoms with E-state index in [-0.39, 0.29) is 5.56 Å². The van der Waals surface area contributed by atoms with Gasteiger partial charge in [-0.25, -0.2) is 9.97 Å². The van der Waals surface area contributed by atoms with Gasteiger partial charge in [-0.05, 0) is 23.1 Å². The fraction of sp³-hybridized carbons (Fsp3) is 0.111. The Morgan fingerprint density at radius 1 is 1.00 bits per heavy atom. The summed E-state index contributed by atoms with van der Waals surface area (Å²) < 4.78 is 1.81. The molecule has 3 heterocycles. The highest BCUT2D eigenvalue weighted by atomic mass is 16.1. The monoisotopic (exact) mass is 332 g/mol. The number of rotatable bonds is 4. The standard InChI is InChI=1S/C18H16N6O/c19-17-15-10-24(23-18(15)22-11-21-17)9-13-3-1-12(2-4-13)7-14-5-6-16(25)20-8-14/h1-6,8,10-11H,7,9H2,(H,20,25)(H2,19,21,22,23). The van der Waals surface area contributed by atoms with Gasteiger partial charge in [0.25, 0.3) is 0 Å². The Kier molecular flexibility index (Phi) is 3.74. The van der Waals surface area contributed by atoms with Crippen LogP contribution in [0.1, 0.15) is 16.7 Å². The number of nitrogens with two attached hydrogens (primary N) is 1. The number of hydrogen-bond donors (Lipinski definition) is 2. The lowest BCUT2D eigenvalue weighted by molar-refractivity contribution is 0.693. The molecule has 124 valence electrons. The van der Waals surface area contributed by atoms with E-state index in [1.807, 2.05) is 16.9 Å². The first-order valence-electron chi connectivity index (χ1n) is 7.86. The van der Waals surface area contributed by atoms with Gasteiger partial charge in [0, 0.05) is 18.5 Å². The summed E-state index contributed by atoms with van der Waals surface area (Å²) in [6.45, 7) is 0.634. The van der Waals surface area contributed by atoms with E-state index in [4.69, 9.17) is 5.73 Å². The second-order valence-corrected chi connectivity index (χ2v) is 5.88. The average molecular weight is 332 g/mol. The molecule has 4 aromatic rings. The maximum atomic E-state index is 11.1. The second-order valence-electron chi connectivity index (χ2n) is 5.88. The van der Waals surface area contributed by atoms with E-state index < -0.39 is 0 Å². The van der Waals surface area contributed by atoms with Crippen molar-refractivity contribution in [3.63, 3.8) is 0 Å². The molecule has 7 nitrogen and oxygen atoms in total. The van der Waals surface area contributed by atoms with Crippen LogP contribution in [-0.2, 0) is 13.0 Å². The van der Waals surface area contributed by atoms with E-state index in [2.05, 4.69) is 44.3 Å². The third-order valence-corrected chi connectivity index (χ3v) is 4.02. The molecule has 0 aliphatic carbocycles. The molecule has 25 heavy (non-hydrogen) atoms. The summed E-state index contributed by atoms with van der Waals surface area (Å²) in [6.07, 6.45) is 5.80. The first-order valence-corrected chi connectivity index (χ1v) is 7.86. The number of nitrogens with one attached hydrogen (secondary N) is 1. The molecule has 0 unspecified atom stereocenters. The van der Waals surface area contributed by atoms with Crippen LogP contribution in [0, 0.1) is 0 Å². The molecule has 0 saturated heterocycles. The van der Waals surface area contributed by atoms with Gasteiger partial charge in [0.15, 0.2) is 5.65 Å². The van der Waals surface area contributed by atoms with Gasteiger partial charge in [-0.15, -0.1) is 0 Å². The minimum absolute atomic E-state index is 0.0870. The molecule has 0 amide bonds. The van der Waals surface area contributed by atoms with Crippen LogP contribution in [-0.4, -0.2) is 24.7 Å². The van der Waals surface area contributed by atoms with E-state index >= 15 is 0 Å². The molecule has 0 aliphatic rings. The highest BCUT2D eigenvalue weighted by molar-refractivity contribution is 5.84. The summed E-state index contributed by atoms with van der Waals surface area (Å²) in [5.74, 6) is 0.438. The topological polar surface area (TPSA) is 102 Å². The van der Waals surface area contributed by atoms with Crippen LogP contribution >= 0.6 is 0 Å². The van der Waals surface area contributed by atoms with E-state index in [0.717, 1.165) is 22.9 Å². The number of fused-ring (bicyclic) bond motifs is 1. The van der Waals surface area contributed by atoms with Crippen LogP contribution in [0.2, 0.25) is 0 Å². The Balaban J connectivity index is 1.50. The largest absolute Gasteiger partial charge is 0.383 e. The molecule has 1 aromatic carbocycles. The van der Waals surface area contributed by atoms with E-state index in [1.54, 1.807) is 12.3 Å². The molecule has 0 aliphatic heterocycles. The third-order valence-electron chi connectivity index (χ3n) is 4.02. The highest BCUT2D eigenvalue weighted by Gasteiger charge is 2.06. The predicted octanol–water partition coefficient (Wildman–Crippen LogP) is 1.74. The number of hydrogen-bond acceptors (Lipinski definition) is 5. The van der Waals surface area contributed by atoms with Crippen molar-refractivity contribution in [2.45, 2.75) is 13.0 Å².